The Bertz CT molecular complexity index is 1010. The number of anilines is 1. The van der Waals surface area contributed by atoms with Crippen LogP contribution >= 0.6 is 27.5 Å². The highest BCUT2D eigenvalue weighted by molar-refractivity contribution is 9.10. The predicted molar refractivity (Wildman–Crippen MR) is 140 cm³/mol. The van der Waals surface area contributed by atoms with Crippen molar-refractivity contribution in [2.24, 2.45) is 0 Å². The molecule has 3 rings (SSSR count). The molecule has 180 valence electrons. The molecule has 3 aromatic carbocycles. The molecule has 0 heterocycles. The van der Waals surface area contributed by atoms with E-state index in [2.05, 4.69) is 51.2 Å². The molecule has 0 spiro atoms. The number of hydrogen-bond acceptors (Lipinski definition) is 5. The second kappa shape index (κ2) is 12.7. The van der Waals surface area contributed by atoms with E-state index in [0.29, 0.717) is 31.1 Å². The van der Waals surface area contributed by atoms with Gasteiger partial charge < -0.3 is 19.1 Å². The van der Waals surface area contributed by atoms with Crippen LogP contribution in [0.4, 0.5) is 5.69 Å². The highest BCUT2D eigenvalue weighted by Crippen LogP contribution is 2.34. The summed E-state index contributed by atoms with van der Waals surface area (Å²) in [4.78, 5) is 14.1. The molecular weight excluding hydrogens is 518 g/mol. The second-order valence-corrected chi connectivity index (χ2v) is 9.01. The molecule has 0 bridgehead atoms. The number of carbonyl (C=O) groups excluding carboxylic acids is 1. The monoisotopic (exact) mass is 545 g/mol. The smallest absolute Gasteiger partial charge is 0.306 e. The van der Waals surface area contributed by atoms with Gasteiger partial charge in [-0.05, 0) is 66.4 Å². The largest absolute Gasteiger partial charge is 0.497 e. The molecule has 0 N–H and O–H groups in total. The first-order valence-corrected chi connectivity index (χ1v) is 12.2. The SMILES string of the molecule is CCOC(=O)CCc1c(Cl)cc(N(Cc2ccc(OC)cc2)Cc2ccc(OC)cc2)cc1Br. The predicted octanol–water partition coefficient (Wildman–Crippen LogP) is 6.82. The zero-order valence-corrected chi connectivity index (χ0v) is 22.0. The van der Waals surface area contributed by atoms with Gasteiger partial charge in [-0.25, -0.2) is 0 Å². The van der Waals surface area contributed by atoms with Crippen LogP contribution in [0.25, 0.3) is 0 Å². The van der Waals surface area contributed by atoms with Gasteiger partial charge in [0.1, 0.15) is 11.5 Å². The van der Waals surface area contributed by atoms with Crippen molar-refractivity contribution >= 4 is 39.2 Å². The van der Waals surface area contributed by atoms with Crippen molar-refractivity contribution in [2.45, 2.75) is 32.9 Å². The van der Waals surface area contributed by atoms with Crippen LogP contribution in [-0.4, -0.2) is 26.8 Å². The fraction of sp³-hybridized carbons (Fsp3) is 0.296. The lowest BCUT2D eigenvalue weighted by molar-refractivity contribution is -0.143. The van der Waals surface area contributed by atoms with Crippen LogP contribution in [0.2, 0.25) is 5.02 Å². The minimum atomic E-state index is -0.227. The molecule has 0 aliphatic rings. The van der Waals surface area contributed by atoms with Crippen molar-refractivity contribution in [2.75, 3.05) is 25.7 Å². The van der Waals surface area contributed by atoms with Crippen LogP contribution < -0.4 is 14.4 Å². The fourth-order valence-corrected chi connectivity index (χ4v) is 4.68. The van der Waals surface area contributed by atoms with E-state index in [9.17, 15) is 4.79 Å². The number of nitrogens with zero attached hydrogens (tertiary/aromatic N) is 1. The zero-order valence-electron chi connectivity index (χ0n) is 19.6. The number of benzene rings is 3. The third-order valence-electron chi connectivity index (χ3n) is 5.44. The molecule has 0 radical (unpaired) electrons. The highest BCUT2D eigenvalue weighted by Gasteiger charge is 2.16. The molecule has 0 amide bonds. The molecule has 34 heavy (non-hydrogen) atoms. The van der Waals surface area contributed by atoms with Gasteiger partial charge in [0.15, 0.2) is 0 Å². The lowest BCUT2D eigenvalue weighted by atomic mass is 10.1. The van der Waals surface area contributed by atoms with Crippen molar-refractivity contribution in [1.29, 1.82) is 0 Å². The van der Waals surface area contributed by atoms with Crippen molar-refractivity contribution < 1.29 is 19.0 Å². The number of ether oxygens (including phenoxy) is 3. The average molecular weight is 547 g/mol. The van der Waals surface area contributed by atoms with Gasteiger partial charge in [-0.1, -0.05) is 51.8 Å². The van der Waals surface area contributed by atoms with Crippen LogP contribution in [0.15, 0.2) is 65.1 Å². The minimum absolute atomic E-state index is 0.227. The van der Waals surface area contributed by atoms with E-state index in [4.69, 9.17) is 25.8 Å². The maximum Gasteiger partial charge on any atom is 0.306 e. The van der Waals surface area contributed by atoms with Gasteiger partial charge in [0, 0.05) is 34.7 Å². The van der Waals surface area contributed by atoms with Crippen LogP contribution in [-0.2, 0) is 29.0 Å². The van der Waals surface area contributed by atoms with Gasteiger partial charge in [-0.15, -0.1) is 0 Å². The summed E-state index contributed by atoms with van der Waals surface area (Å²) in [6.45, 7) is 3.54. The first-order valence-electron chi connectivity index (χ1n) is 11.1. The second-order valence-electron chi connectivity index (χ2n) is 7.75. The number of rotatable bonds is 11. The number of methoxy groups -OCH3 is 2. The van der Waals surface area contributed by atoms with E-state index in [-0.39, 0.29) is 12.4 Å². The zero-order chi connectivity index (χ0) is 24.5. The number of carbonyl (C=O) groups is 1. The van der Waals surface area contributed by atoms with E-state index in [1.54, 1.807) is 21.1 Å². The van der Waals surface area contributed by atoms with Crippen LogP contribution in [0.1, 0.15) is 30.0 Å². The van der Waals surface area contributed by atoms with Gasteiger partial charge in [-0.2, -0.15) is 0 Å². The first kappa shape index (κ1) is 25.9. The maximum absolute atomic E-state index is 11.8. The van der Waals surface area contributed by atoms with E-state index in [1.165, 1.54) is 0 Å². The molecule has 0 unspecified atom stereocenters. The van der Waals surface area contributed by atoms with E-state index >= 15 is 0 Å². The molecule has 0 fully saturated rings. The Morgan fingerprint density at radius 1 is 0.912 bits per heavy atom. The van der Waals surface area contributed by atoms with Crippen molar-refractivity contribution in [3.63, 3.8) is 0 Å². The summed E-state index contributed by atoms with van der Waals surface area (Å²) in [5.74, 6) is 1.42. The Labute approximate surface area is 214 Å². The molecule has 0 atom stereocenters. The minimum Gasteiger partial charge on any atom is -0.497 e. The number of hydrogen-bond donors (Lipinski definition) is 0. The number of esters is 1. The van der Waals surface area contributed by atoms with Crippen molar-refractivity contribution in [1.82, 2.24) is 0 Å². The van der Waals surface area contributed by atoms with E-state index < -0.39 is 0 Å². The molecule has 0 aliphatic heterocycles. The quantitative estimate of drug-likeness (QED) is 0.247. The standard InChI is InChI=1S/C27H29BrClNO4/c1-4-34-27(31)14-13-24-25(28)15-21(16-26(24)29)30(17-19-5-9-22(32-2)10-6-19)18-20-7-11-23(33-3)12-8-20/h5-12,15-16H,4,13-14,17-18H2,1-3H3. The van der Waals surface area contributed by atoms with Gasteiger partial charge >= 0.3 is 5.97 Å². The molecule has 5 nitrogen and oxygen atoms in total. The van der Waals surface area contributed by atoms with Gasteiger partial charge in [0.25, 0.3) is 0 Å². The summed E-state index contributed by atoms with van der Waals surface area (Å²) in [7, 11) is 3.32. The van der Waals surface area contributed by atoms with Gasteiger partial charge in [0.2, 0.25) is 0 Å². The molecular formula is C27H29BrClNO4. The molecule has 0 aliphatic carbocycles. The van der Waals surface area contributed by atoms with Crippen molar-refractivity contribution in [3.05, 3.63) is 86.8 Å². The Morgan fingerprint density at radius 2 is 1.44 bits per heavy atom. The lowest BCUT2D eigenvalue weighted by Gasteiger charge is -2.27. The topological polar surface area (TPSA) is 48.0 Å². The average Bonchev–Trinajstić information content (AvgIpc) is 2.84. The Balaban J connectivity index is 1.87. The Kier molecular flexibility index (Phi) is 9.66. The Hall–Kier alpha value is -2.70. The summed E-state index contributed by atoms with van der Waals surface area (Å²) in [5.41, 5.74) is 4.16. The molecule has 0 saturated carbocycles. The molecule has 0 aromatic heterocycles. The number of halogens is 2. The van der Waals surface area contributed by atoms with Crippen LogP contribution in [0.3, 0.4) is 0 Å². The third-order valence-corrected chi connectivity index (χ3v) is 6.49. The van der Waals surface area contributed by atoms with Crippen molar-refractivity contribution in [3.8, 4) is 11.5 Å². The first-order chi connectivity index (χ1) is 16.4. The molecule has 3 aromatic rings. The molecule has 0 saturated heterocycles. The van der Waals surface area contributed by atoms with Gasteiger partial charge in [-0.3, -0.25) is 4.79 Å². The van der Waals surface area contributed by atoms with Gasteiger partial charge in [0.05, 0.1) is 20.8 Å². The summed E-state index contributed by atoms with van der Waals surface area (Å²) >= 11 is 10.4. The van der Waals surface area contributed by atoms with E-state index in [1.807, 2.05) is 30.3 Å². The summed E-state index contributed by atoms with van der Waals surface area (Å²) in [6.07, 6.45) is 0.794. The van der Waals surface area contributed by atoms with E-state index in [0.717, 1.165) is 38.3 Å². The van der Waals surface area contributed by atoms with Crippen LogP contribution in [0, 0.1) is 0 Å². The third kappa shape index (κ3) is 7.15. The molecule has 7 heteroatoms. The maximum atomic E-state index is 11.8. The normalized spacial score (nSPS) is 10.6. The fourth-order valence-electron chi connectivity index (χ4n) is 3.61. The summed E-state index contributed by atoms with van der Waals surface area (Å²) in [5, 5.41) is 0.614. The summed E-state index contributed by atoms with van der Waals surface area (Å²) in [6, 6.07) is 20.1. The lowest BCUT2D eigenvalue weighted by Crippen LogP contribution is -2.22. The Morgan fingerprint density at radius 3 is 1.88 bits per heavy atom. The van der Waals surface area contributed by atoms with Crippen LogP contribution in [0.5, 0.6) is 11.5 Å². The summed E-state index contributed by atoms with van der Waals surface area (Å²) < 4.78 is 16.5. The highest BCUT2D eigenvalue weighted by atomic mass is 79.9.